The van der Waals surface area contributed by atoms with E-state index in [-0.39, 0.29) is 6.61 Å². The Morgan fingerprint density at radius 1 is 1.35 bits per heavy atom. The van der Waals surface area contributed by atoms with Crippen LogP contribution >= 0.6 is 0 Å². The van der Waals surface area contributed by atoms with E-state index in [1.165, 1.54) is 0 Å². The van der Waals surface area contributed by atoms with Crippen molar-refractivity contribution in [1.29, 1.82) is 0 Å². The number of aromatic nitrogens is 3. The molecule has 2 rings (SSSR count). The predicted molar refractivity (Wildman–Crippen MR) is 63.1 cm³/mol. The minimum Gasteiger partial charge on any atom is -0.490 e. The molecule has 0 saturated carbocycles. The van der Waals surface area contributed by atoms with Crippen molar-refractivity contribution in [1.82, 2.24) is 14.8 Å². The molecule has 17 heavy (non-hydrogen) atoms. The van der Waals surface area contributed by atoms with Crippen molar-refractivity contribution in [3.63, 3.8) is 0 Å². The molecular formula is C12H15N3O2. The third-order valence-electron chi connectivity index (χ3n) is 2.26. The van der Waals surface area contributed by atoms with Gasteiger partial charge < -0.3 is 9.84 Å². The highest BCUT2D eigenvalue weighted by Gasteiger charge is 2.02. The largest absolute Gasteiger partial charge is 0.490 e. The van der Waals surface area contributed by atoms with Gasteiger partial charge in [-0.25, -0.2) is 9.67 Å². The van der Waals surface area contributed by atoms with Crippen LogP contribution in [0.2, 0.25) is 0 Å². The molecule has 5 nitrogen and oxygen atoms in total. The van der Waals surface area contributed by atoms with Crippen molar-refractivity contribution in [2.24, 2.45) is 0 Å². The first kappa shape index (κ1) is 11.6. The summed E-state index contributed by atoms with van der Waals surface area (Å²) in [4.78, 5) is 4.20. The lowest BCUT2D eigenvalue weighted by molar-refractivity contribution is 0.281. The molecule has 0 atom stereocenters. The number of nitrogens with zero attached hydrogens (tertiary/aromatic N) is 3. The molecule has 1 N–H and O–H groups in total. The van der Waals surface area contributed by atoms with E-state index in [2.05, 4.69) is 17.0 Å². The lowest BCUT2D eigenvalue weighted by Gasteiger charge is -2.01. The van der Waals surface area contributed by atoms with Crippen LogP contribution in [-0.4, -0.2) is 26.5 Å². The molecule has 90 valence electrons. The van der Waals surface area contributed by atoms with Crippen LogP contribution in [0.25, 0.3) is 5.82 Å². The number of hydrogen-bond acceptors (Lipinski definition) is 4. The van der Waals surface area contributed by atoms with E-state index in [0.29, 0.717) is 12.4 Å². The zero-order valence-corrected chi connectivity index (χ0v) is 9.71. The molecule has 0 unspecified atom stereocenters. The molecule has 5 heteroatoms. The topological polar surface area (TPSA) is 60.2 Å². The maximum Gasteiger partial charge on any atom is 0.157 e. The number of aliphatic hydroxyl groups is 1. The Morgan fingerprint density at radius 3 is 2.88 bits per heavy atom. The van der Waals surface area contributed by atoms with Crippen LogP contribution in [-0.2, 0) is 6.61 Å². The summed E-state index contributed by atoms with van der Waals surface area (Å²) in [5.74, 6) is 1.44. The van der Waals surface area contributed by atoms with Crippen molar-refractivity contribution >= 4 is 0 Å². The summed E-state index contributed by atoms with van der Waals surface area (Å²) in [6.07, 6.45) is 6.05. The van der Waals surface area contributed by atoms with Crippen LogP contribution in [0, 0.1) is 0 Å². The van der Waals surface area contributed by atoms with E-state index in [1.807, 2.05) is 12.1 Å². The number of ether oxygens (including phenoxy) is 1. The molecule has 0 aliphatic rings. The van der Waals surface area contributed by atoms with E-state index < -0.39 is 0 Å². The number of rotatable bonds is 5. The van der Waals surface area contributed by atoms with Gasteiger partial charge in [0, 0.05) is 6.20 Å². The molecule has 0 spiro atoms. The Hall–Kier alpha value is -1.88. The monoisotopic (exact) mass is 233 g/mol. The van der Waals surface area contributed by atoms with Crippen LogP contribution in [0.4, 0.5) is 0 Å². The molecule has 2 heterocycles. The van der Waals surface area contributed by atoms with Crippen LogP contribution in [0.5, 0.6) is 5.75 Å². The summed E-state index contributed by atoms with van der Waals surface area (Å²) in [6.45, 7) is 2.74. The first-order valence-electron chi connectivity index (χ1n) is 5.57. The van der Waals surface area contributed by atoms with Crippen LogP contribution < -0.4 is 4.74 Å². The van der Waals surface area contributed by atoms with Gasteiger partial charge in [-0.2, -0.15) is 5.10 Å². The second-order valence-corrected chi connectivity index (χ2v) is 3.65. The fraction of sp³-hybridized carbons (Fsp3) is 0.333. The SMILES string of the molecule is CCCOc1cnn(-c2ccc(CO)cn2)c1. The van der Waals surface area contributed by atoms with Crippen LogP contribution in [0.1, 0.15) is 18.9 Å². The fourth-order valence-electron chi connectivity index (χ4n) is 1.37. The summed E-state index contributed by atoms with van der Waals surface area (Å²) in [7, 11) is 0. The van der Waals surface area contributed by atoms with Gasteiger partial charge in [0.05, 0.1) is 25.6 Å². The van der Waals surface area contributed by atoms with Crippen LogP contribution in [0.3, 0.4) is 0 Å². The molecule has 0 aliphatic heterocycles. The zero-order chi connectivity index (χ0) is 12.1. The van der Waals surface area contributed by atoms with Gasteiger partial charge >= 0.3 is 0 Å². The summed E-state index contributed by atoms with van der Waals surface area (Å²) in [5, 5.41) is 13.1. The van der Waals surface area contributed by atoms with Crippen molar-refractivity contribution in [3.05, 3.63) is 36.3 Å². The second-order valence-electron chi connectivity index (χ2n) is 3.65. The third kappa shape index (κ3) is 2.82. The lowest BCUT2D eigenvalue weighted by Crippen LogP contribution is -1.98. The van der Waals surface area contributed by atoms with E-state index in [0.717, 1.165) is 17.7 Å². The van der Waals surface area contributed by atoms with Crippen molar-refractivity contribution in [2.75, 3.05) is 6.61 Å². The normalized spacial score (nSPS) is 10.5. The van der Waals surface area contributed by atoms with Crippen molar-refractivity contribution < 1.29 is 9.84 Å². The van der Waals surface area contributed by atoms with Crippen molar-refractivity contribution in [2.45, 2.75) is 20.0 Å². The Kier molecular flexibility index (Phi) is 3.72. The summed E-state index contributed by atoms with van der Waals surface area (Å²) < 4.78 is 7.10. The van der Waals surface area contributed by atoms with Gasteiger partial charge in [-0.05, 0) is 18.1 Å². The Bertz CT molecular complexity index is 465. The minimum absolute atomic E-state index is 0.00273. The van der Waals surface area contributed by atoms with Gasteiger partial charge in [-0.1, -0.05) is 13.0 Å². The highest BCUT2D eigenvalue weighted by molar-refractivity contribution is 5.27. The molecule has 0 radical (unpaired) electrons. The molecule has 2 aromatic rings. The van der Waals surface area contributed by atoms with Gasteiger partial charge in [0.1, 0.15) is 0 Å². The van der Waals surface area contributed by atoms with Gasteiger partial charge in [0.15, 0.2) is 11.6 Å². The summed E-state index contributed by atoms with van der Waals surface area (Å²) >= 11 is 0. The second kappa shape index (κ2) is 5.45. The molecule has 0 aromatic carbocycles. The standard InChI is InChI=1S/C12H15N3O2/c1-2-5-17-11-7-14-15(8-11)12-4-3-10(9-16)6-13-12/h3-4,6-8,16H,2,5,9H2,1H3. The summed E-state index contributed by atoms with van der Waals surface area (Å²) in [6, 6.07) is 3.62. The molecular weight excluding hydrogens is 218 g/mol. The maximum absolute atomic E-state index is 8.92. The average molecular weight is 233 g/mol. The first-order chi connectivity index (χ1) is 8.33. The number of aliphatic hydroxyl groups excluding tert-OH is 1. The summed E-state index contributed by atoms with van der Waals surface area (Å²) in [5.41, 5.74) is 0.781. The molecule has 0 fully saturated rings. The fourth-order valence-corrected chi connectivity index (χ4v) is 1.37. The van der Waals surface area contributed by atoms with Gasteiger partial charge in [0.2, 0.25) is 0 Å². The van der Waals surface area contributed by atoms with Gasteiger partial charge in [-0.15, -0.1) is 0 Å². The van der Waals surface area contributed by atoms with E-state index in [1.54, 1.807) is 23.3 Å². The average Bonchev–Trinajstić information content (AvgIpc) is 2.85. The molecule has 0 amide bonds. The minimum atomic E-state index is -0.00273. The Morgan fingerprint density at radius 2 is 2.24 bits per heavy atom. The predicted octanol–water partition coefficient (Wildman–Crippen LogP) is 1.55. The number of hydrogen-bond donors (Lipinski definition) is 1. The quantitative estimate of drug-likeness (QED) is 0.851. The molecule has 2 aromatic heterocycles. The molecule has 0 aliphatic carbocycles. The van der Waals surface area contributed by atoms with E-state index >= 15 is 0 Å². The molecule has 0 bridgehead atoms. The zero-order valence-electron chi connectivity index (χ0n) is 9.71. The van der Waals surface area contributed by atoms with Gasteiger partial charge in [-0.3, -0.25) is 0 Å². The highest BCUT2D eigenvalue weighted by Crippen LogP contribution is 2.12. The van der Waals surface area contributed by atoms with E-state index in [9.17, 15) is 0 Å². The lowest BCUT2D eigenvalue weighted by atomic mass is 10.3. The van der Waals surface area contributed by atoms with Crippen molar-refractivity contribution in [3.8, 4) is 11.6 Å². The third-order valence-corrected chi connectivity index (χ3v) is 2.26. The smallest absolute Gasteiger partial charge is 0.157 e. The molecule has 0 saturated heterocycles. The van der Waals surface area contributed by atoms with E-state index in [4.69, 9.17) is 9.84 Å². The Balaban J connectivity index is 2.12. The maximum atomic E-state index is 8.92. The highest BCUT2D eigenvalue weighted by atomic mass is 16.5. The number of pyridine rings is 1. The Labute approximate surface area is 99.7 Å². The van der Waals surface area contributed by atoms with Gasteiger partial charge in [0.25, 0.3) is 0 Å². The van der Waals surface area contributed by atoms with Crippen LogP contribution in [0.15, 0.2) is 30.7 Å². The first-order valence-corrected chi connectivity index (χ1v) is 5.57.